The van der Waals surface area contributed by atoms with Gasteiger partial charge in [0.2, 0.25) is 0 Å². The fourth-order valence-corrected chi connectivity index (χ4v) is 1.22. The van der Waals surface area contributed by atoms with Crippen molar-refractivity contribution in [2.75, 3.05) is 13.0 Å². The van der Waals surface area contributed by atoms with Gasteiger partial charge in [-0.1, -0.05) is 6.07 Å². The Morgan fingerprint density at radius 2 is 2.25 bits per heavy atom. The van der Waals surface area contributed by atoms with Gasteiger partial charge in [0, 0.05) is 5.88 Å². The average Bonchev–Trinajstić information content (AvgIpc) is 2.05. The number of phenolic OH excluding ortho intramolecular Hbond substituents is 1. The topological polar surface area (TPSA) is 29.5 Å². The van der Waals surface area contributed by atoms with E-state index in [9.17, 15) is 5.11 Å². The first-order chi connectivity index (χ1) is 5.77. The van der Waals surface area contributed by atoms with Crippen LogP contribution in [-0.2, 0) is 6.42 Å². The monoisotopic (exact) mass is 186 g/mol. The van der Waals surface area contributed by atoms with Gasteiger partial charge >= 0.3 is 0 Å². The van der Waals surface area contributed by atoms with Crippen LogP contribution >= 0.6 is 11.6 Å². The lowest BCUT2D eigenvalue weighted by atomic mass is 10.1. The van der Waals surface area contributed by atoms with Gasteiger partial charge in [-0.15, -0.1) is 11.6 Å². The summed E-state index contributed by atoms with van der Waals surface area (Å²) < 4.78 is 4.90. The Hall–Kier alpha value is -0.890. The number of rotatable bonds is 3. The first-order valence-electron chi connectivity index (χ1n) is 3.69. The van der Waals surface area contributed by atoms with Crippen LogP contribution in [0.3, 0.4) is 0 Å². The van der Waals surface area contributed by atoms with Crippen molar-refractivity contribution in [3.8, 4) is 11.5 Å². The van der Waals surface area contributed by atoms with Crippen LogP contribution in [0.1, 0.15) is 5.56 Å². The maximum absolute atomic E-state index is 9.35. The third-order valence-electron chi connectivity index (χ3n) is 1.63. The highest BCUT2D eigenvalue weighted by Crippen LogP contribution is 2.26. The van der Waals surface area contributed by atoms with Crippen LogP contribution in [0, 0.1) is 0 Å². The number of hydrogen-bond acceptors (Lipinski definition) is 2. The predicted octanol–water partition coefficient (Wildman–Crippen LogP) is 2.18. The fraction of sp³-hybridized carbons (Fsp3) is 0.333. The molecule has 0 amide bonds. The molecule has 66 valence electrons. The summed E-state index contributed by atoms with van der Waals surface area (Å²) in [5, 5.41) is 9.35. The number of aryl methyl sites for hydroxylation is 1. The maximum Gasteiger partial charge on any atom is 0.160 e. The molecule has 1 aromatic carbocycles. The summed E-state index contributed by atoms with van der Waals surface area (Å²) in [6, 6.07) is 5.29. The first kappa shape index (κ1) is 9.20. The third kappa shape index (κ3) is 2.05. The Labute approximate surface area is 76.7 Å². The van der Waals surface area contributed by atoms with Crippen LogP contribution in [0.4, 0.5) is 0 Å². The van der Waals surface area contributed by atoms with Gasteiger partial charge in [-0.2, -0.15) is 0 Å². The highest BCUT2D eigenvalue weighted by molar-refractivity contribution is 6.17. The molecule has 1 N–H and O–H groups in total. The van der Waals surface area contributed by atoms with E-state index in [0.29, 0.717) is 11.6 Å². The quantitative estimate of drug-likeness (QED) is 0.734. The normalized spacial score (nSPS) is 9.83. The molecule has 0 aliphatic rings. The van der Waals surface area contributed by atoms with E-state index in [0.717, 1.165) is 12.0 Å². The minimum Gasteiger partial charge on any atom is -0.504 e. The van der Waals surface area contributed by atoms with Crippen molar-refractivity contribution in [2.45, 2.75) is 6.42 Å². The van der Waals surface area contributed by atoms with Crippen molar-refractivity contribution in [3.05, 3.63) is 23.8 Å². The zero-order valence-electron chi connectivity index (χ0n) is 6.88. The zero-order valence-corrected chi connectivity index (χ0v) is 7.64. The number of hydrogen-bond donors (Lipinski definition) is 1. The van der Waals surface area contributed by atoms with Crippen molar-refractivity contribution >= 4 is 11.6 Å². The molecule has 3 heteroatoms. The molecule has 0 aliphatic heterocycles. The number of methoxy groups -OCH3 is 1. The highest BCUT2D eigenvalue weighted by atomic mass is 35.5. The molecule has 0 aromatic heterocycles. The zero-order chi connectivity index (χ0) is 8.97. The molecule has 0 spiro atoms. The number of phenols is 1. The van der Waals surface area contributed by atoms with Gasteiger partial charge in [-0.25, -0.2) is 0 Å². The van der Waals surface area contributed by atoms with Crippen molar-refractivity contribution in [3.63, 3.8) is 0 Å². The van der Waals surface area contributed by atoms with E-state index in [4.69, 9.17) is 16.3 Å². The van der Waals surface area contributed by atoms with Crippen LogP contribution in [0.25, 0.3) is 0 Å². The third-order valence-corrected chi connectivity index (χ3v) is 1.82. The molecule has 0 heterocycles. The molecular formula is C9H11ClO2. The second-order valence-electron chi connectivity index (χ2n) is 2.45. The summed E-state index contributed by atoms with van der Waals surface area (Å²) in [6.07, 6.45) is 0.763. The fourth-order valence-electron chi connectivity index (χ4n) is 1.00. The predicted molar refractivity (Wildman–Crippen MR) is 49.1 cm³/mol. The van der Waals surface area contributed by atoms with Gasteiger partial charge in [0.1, 0.15) is 0 Å². The number of ether oxygens (including phenoxy) is 1. The molecular weight excluding hydrogens is 176 g/mol. The van der Waals surface area contributed by atoms with Crippen LogP contribution in [0.5, 0.6) is 11.5 Å². The van der Waals surface area contributed by atoms with E-state index in [2.05, 4.69) is 0 Å². The van der Waals surface area contributed by atoms with Crippen molar-refractivity contribution in [1.82, 2.24) is 0 Å². The maximum atomic E-state index is 9.35. The Bertz CT molecular complexity index is 261. The molecule has 0 unspecified atom stereocenters. The molecule has 0 bridgehead atoms. The molecule has 0 fully saturated rings. The lowest BCUT2D eigenvalue weighted by Crippen LogP contribution is -1.88. The van der Waals surface area contributed by atoms with Gasteiger partial charge in [0.05, 0.1) is 7.11 Å². The molecule has 1 rings (SSSR count). The molecule has 0 saturated heterocycles. The van der Waals surface area contributed by atoms with Gasteiger partial charge in [0.15, 0.2) is 11.5 Å². The molecule has 12 heavy (non-hydrogen) atoms. The van der Waals surface area contributed by atoms with Crippen molar-refractivity contribution in [1.29, 1.82) is 0 Å². The standard InChI is InChI=1S/C9H11ClO2/c1-12-9-3-2-7(4-5-10)6-8(9)11/h2-3,6,11H,4-5H2,1H3. The lowest BCUT2D eigenvalue weighted by Gasteiger charge is -2.04. The van der Waals surface area contributed by atoms with Crippen LogP contribution < -0.4 is 4.74 Å². The summed E-state index contributed by atoms with van der Waals surface area (Å²) in [6.45, 7) is 0. The molecule has 2 nitrogen and oxygen atoms in total. The Morgan fingerprint density at radius 3 is 2.75 bits per heavy atom. The van der Waals surface area contributed by atoms with Gasteiger partial charge in [0.25, 0.3) is 0 Å². The van der Waals surface area contributed by atoms with Crippen LogP contribution in [0.2, 0.25) is 0 Å². The van der Waals surface area contributed by atoms with E-state index < -0.39 is 0 Å². The smallest absolute Gasteiger partial charge is 0.160 e. The largest absolute Gasteiger partial charge is 0.504 e. The summed E-state index contributed by atoms with van der Waals surface area (Å²) in [5.41, 5.74) is 1.02. The second kappa shape index (κ2) is 4.21. The SMILES string of the molecule is COc1ccc(CCCl)cc1O. The minimum atomic E-state index is 0.167. The number of halogens is 1. The van der Waals surface area contributed by atoms with E-state index in [1.807, 2.05) is 6.07 Å². The summed E-state index contributed by atoms with van der Waals surface area (Å²) >= 11 is 5.55. The van der Waals surface area contributed by atoms with Crippen LogP contribution in [0.15, 0.2) is 18.2 Å². The van der Waals surface area contributed by atoms with Gasteiger partial charge in [-0.3, -0.25) is 0 Å². The molecule has 0 aliphatic carbocycles. The molecule has 0 saturated carbocycles. The van der Waals surface area contributed by atoms with E-state index in [1.54, 1.807) is 12.1 Å². The molecule has 0 radical (unpaired) electrons. The summed E-state index contributed by atoms with van der Waals surface area (Å²) in [5.74, 6) is 1.22. The Morgan fingerprint density at radius 1 is 1.50 bits per heavy atom. The number of aromatic hydroxyl groups is 1. The summed E-state index contributed by atoms with van der Waals surface area (Å²) in [4.78, 5) is 0. The molecule has 0 atom stereocenters. The van der Waals surface area contributed by atoms with Crippen molar-refractivity contribution in [2.24, 2.45) is 0 Å². The van der Waals surface area contributed by atoms with E-state index in [1.165, 1.54) is 7.11 Å². The van der Waals surface area contributed by atoms with Gasteiger partial charge in [-0.05, 0) is 24.1 Å². The highest BCUT2D eigenvalue weighted by Gasteiger charge is 2.00. The van der Waals surface area contributed by atoms with Gasteiger partial charge < -0.3 is 9.84 Å². The average molecular weight is 187 g/mol. The Balaban J connectivity index is 2.86. The molecule has 1 aromatic rings. The van der Waals surface area contributed by atoms with Crippen molar-refractivity contribution < 1.29 is 9.84 Å². The Kier molecular flexibility index (Phi) is 3.23. The minimum absolute atomic E-state index is 0.167. The van der Waals surface area contributed by atoms with E-state index in [-0.39, 0.29) is 5.75 Å². The number of alkyl halides is 1. The number of benzene rings is 1. The van der Waals surface area contributed by atoms with Crippen LogP contribution in [-0.4, -0.2) is 18.1 Å². The second-order valence-corrected chi connectivity index (χ2v) is 2.82. The van der Waals surface area contributed by atoms with E-state index >= 15 is 0 Å². The lowest BCUT2D eigenvalue weighted by molar-refractivity contribution is 0.373. The first-order valence-corrected chi connectivity index (χ1v) is 4.23. The summed E-state index contributed by atoms with van der Waals surface area (Å²) in [7, 11) is 1.52.